The van der Waals surface area contributed by atoms with E-state index in [1.165, 1.54) is 29.7 Å². The molecule has 2 aromatic heterocycles. The summed E-state index contributed by atoms with van der Waals surface area (Å²) in [5.41, 5.74) is 0.296. The second-order valence-electron chi connectivity index (χ2n) is 5.06. The number of benzene rings is 1. The monoisotopic (exact) mass is 363 g/mol. The van der Waals surface area contributed by atoms with Gasteiger partial charge in [0.25, 0.3) is 5.91 Å². The van der Waals surface area contributed by atoms with Crippen molar-refractivity contribution in [2.45, 2.75) is 6.18 Å². The number of alkyl halides is 3. The maximum atomic E-state index is 12.5. The zero-order valence-corrected chi connectivity index (χ0v) is 13.5. The number of halogens is 3. The zero-order valence-electron chi connectivity index (χ0n) is 12.7. The fraction of sp³-hybridized carbons (Fsp3) is 0.0588. The first-order chi connectivity index (χ1) is 11.9. The van der Waals surface area contributed by atoms with Crippen LogP contribution >= 0.6 is 11.3 Å². The normalized spacial score (nSPS) is 11.2. The van der Waals surface area contributed by atoms with Crippen LogP contribution in [0.4, 0.5) is 30.4 Å². The van der Waals surface area contributed by atoms with Crippen LogP contribution in [-0.2, 0) is 6.18 Å². The second-order valence-corrected chi connectivity index (χ2v) is 6.01. The molecule has 0 saturated carbocycles. The highest BCUT2D eigenvalue weighted by Crippen LogP contribution is 2.30. The number of nitrogens with zero attached hydrogens (tertiary/aromatic N) is 1. The molecule has 4 nitrogen and oxygen atoms in total. The maximum absolute atomic E-state index is 12.5. The molecule has 0 saturated heterocycles. The second kappa shape index (κ2) is 6.94. The molecule has 0 aliphatic rings. The molecule has 0 unspecified atom stereocenters. The van der Waals surface area contributed by atoms with Gasteiger partial charge in [-0.3, -0.25) is 4.79 Å². The van der Waals surface area contributed by atoms with E-state index in [9.17, 15) is 18.0 Å². The van der Waals surface area contributed by atoms with Gasteiger partial charge in [0, 0.05) is 5.69 Å². The van der Waals surface area contributed by atoms with Crippen molar-refractivity contribution in [3.63, 3.8) is 0 Å². The van der Waals surface area contributed by atoms with Crippen molar-refractivity contribution < 1.29 is 18.0 Å². The standard InChI is InChI=1S/C17H12F3N3OS/c18-17(19,20)11-3-5-12(6-4-11)22-15-8-7-13(10-21-15)23-16(24)14-2-1-9-25-14/h1-10H,(H,21,22)(H,23,24). The summed E-state index contributed by atoms with van der Waals surface area (Å²) in [5.74, 6) is 0.231. The van der Waals surface area contributed by atoms with E-state index >= 15 is 0 Å². The first-order valence-corrected chi connectivity index (χ1v) is 8.05. The quantitative estimate of drug-likeness (QED) is 0.673. The third-order valence-corrected chi connectivity index (χ3v) is 4.12. The molecule has 3 rings (SSSR count). The van der Waals surface area contributed by atoms with Crippen molar-refractivity contribution in [2.75, 3.05) is 10.6 Å². The molecule has 0 aliphatic heterocycles. The molecule has 25 heavy (non-hydrogen) atoms. The highest BCUT2D eigenvalue weighted by Gasteiger charge is 2.29. The van der Waals surface area contributed by atoms with Gasteiger partial charge in [0.05, 0.1) is 22.3 Å². The molecule has 0 atom stereocenters. The lowest BCUT2D eigenvalue weighted by Crippen LogP contribution is -2.10. The highest BCUT2D eigenvalue weighted by atomic mass is 32.1. The minimum absolute atomic E-state index is 0.222. The summed E-state index contributed by atoms with van der Waals surface area (Å²) in [6.45, 7) is 0. The number of hydrogen-bond acceptors (Lipinski definition) is 4. The predicted molar refractivity (Wildman–Crippen MR) is 91.2 cm³/mol. The fourth-order valence-corrected chi connectivity index (χ4v) is 2.65. The molecular weight excluding hydrogens is 351 g/mol. The van der Waals surface area contributed by atoms with Gasteiger partial charge in [-0.15, -0.1) is 11.3 Å². The molecule has 0 aliphatic carbocycles. The molecule has 0 fully saturated rings. The Morgan fingerprint density at radius 1 is 1.00 bits per heavy atom. The number of pyridine rings is 1. The SMILES string of the molecule is O=C(Nc1ccc(Nc2ccc(C(F)(F)F)cc2)nc1)c1cccs1. The maximum Gasteiger partial charge on any atom is 0.416 e. The molecule has 128 valence electrons. The summed E-state index contributed by atoms with van der Waals surface area (Å²) >= 11 is 1.33. The summed E-state index contributed by atoms with van der Waals surface area (Å²) in [7, 11) is 0. The van der Waals surface area contributed by atoms with Crippen molar-refractivity contribution in [1.82, 2.24) is 4.98 Å². The lowest BCUT2D eigenvalue weighted by molar-refractivity contribution is -0.137. The lowest BCUT2D eigenvalue weighted by Gasteiger charge is -2.09. The molecule has 2 N–H and O–H groups in total. The minimum Gasteiger partial charge on any atom is -0.340 e. The molecule has 3 aromatic rings. The Hall–Kier alpha value is -2.87. The first kappa shape index (κ1) is 17.0. The van der Waals surface area contributed by atoms with Crippen LogP contribution in [0, 0.1) is 0 Å². The van der Waals surface area contributed by atoms with E-state index in [0.29, 0.717) is 22.1 Å². The van der Waals surface area contributed by atoms with E-state index in [1.807, 2.05) is 5.38 Å². The summed E-state index contributed by atoms with van der Waals surface area (Å²) in [6, 6.07) is 11.4. The minimum atomic E-state index is -4.36. The number of thiophene rings is 1. The molecular formula is C17H12F3N3OS. The van der Waals surface area contributed by atoms with Gasteiger partial charge in [-0.1, -0.05) is 6.07 Å². The number of nitrogens with one attached hydrogen (secondary N) is 2. The van der Waals surface area contributed by atoms with Gasteiger partial charge >= 0.3 is 6.18 Å². The van der Waals surface area contributed by atoms with Crippen LogP contribution in [0.5, 0.6) is 0 Å². The van der Waals surface area contributed by atoms with Crippen LogP contribution in [0.2, 0.25) is 0 Å². The predicted octanol–water partition coefficient (Wildman–Crippen LogP) is 5.16. The fourth-order valence-electron chi connectivity index (χ4n) is 2.03. The molecule has 0 bridgehead atoms. The largest absolute Gasteiger partial charge is 0.416 e. The molecule has 0 radical (unpaired) electrons. The Kier molecular flexibility index (Phi) is 4.71. The van der Waals surface area contributed by atoms with Gasteiger partial charge in [-0.25, -0.2) is 4.98 Å². The summed E-state index contributed by atoms with van der Waals surface area (Å²) in [4.78, 5) is 16.7. The molecule has 0 spiro atoms. The van der Waals surface area contributed by atoms with E-state index in [0.717, 1.165) is 12.1 Å². The number of hydrogen-bond donors (Lipinski definition) is 2. The van der Waals surface area contributed by atoms with Gasteiger partial charge in [-0.2, -0.15) is 13.2 Å². The van der Waals surface area contributed by atoms with E-state index in [1.54, 1.807) is 24.3 Å². The molecule has 2 heterocycles. The summed E-state index contributed by atoms with van der Waals surface area (Å²) in [5, 5.41) is 7.43. The Labute approximate surface area is 145 Å². The van der Waals surface area contributed by atoms with E-state index in [2.05, 4.69) is 15.6 Å². The van der Waals surface area contributed by atoms with Gasteiger partial charge < -0.3 is 10.6 Å². The van der Waals surface area contributed by atoms with Crippen molar-refractivity contribution >= 4 is 34.4 Å². The zero-order chi connectivity index (χ0) is 17.9. The van der Waals surface area contributed by atoms with Crippen molar-refractivity contribution in [2.24, 2.45) is 0 Å². The average Bonchev–Trinajstić information content (AvgIpc) is 3.11. The van der Waals surface area contributed by atoms with E-state index in [-0.39, 0.29) is 5.91 Å². The Balaban J connectivity index is 1.63. The summed E-state index contributed by atoms with van der Waals surface area (Å²) < 4.78 is 37.6. The molecule has 1 amide bonds. The number of amides is 1. The van der Waals surface area contributed by atoms with Crippen LogP contribution in [-0.4, -0.2) is 10.9 Å². The van der Waals surface area contributed by atoms with Crippen LogP contribution in [0.25, 0.3) is 0 Å². The van der Waals surface area contributed by atoms with Crippen LogP contribution in [0.15, 0.2) is 60.1 Å². The number of carbonyl (C=O) groups excluding carboxylic acids is 1. The van der Waals surface area contributed by atoms with Crippen LogP contribution < -0.4 is 10.6 Å². The van der Waals surface area contributed by atoms with Gasteiger partial charge in [0.2, 0.25) is 0 Å². The Morgan fingerprint density at radius 3 is 2.28 bits per heavy atom. The van der Waals surface area contributed by atoms with E-state index in [4.69, 9.17) is 0 Å². The van der Waals surface area contributed by atoms with Crippen molar-refractivity contribution in [3.05, 3.63) is 70.5 Å². The number of aromatic nitrogens is 1. The van der Waals surface area contributed by atoms with Crippen LogP contribution in [0.1, 0.15) is 15.2 Å². The lowest BCUT2D eigenvalue weighted by atomic mass is 10.2. The van der Waals surface area contributed by atoms with E-state index < -0.39 is 11.7 Å². The molecule has 8 heteroatoms. The van der Waals surface area contributed by atoms with Gasteiger partial charge in [0.15, 0.2) is 0 Å². The van der Waals surface area contributed by atoms with Crippen LogP contribution in [0.3, 0.4) is 0 Å². The van der Waals surface area contributed by atoms with Gasteiger partial charge in [0.1, 0.15) is 5.82 Å². The number of rotatable bonds is 4. The van der Waals surface area contributed by atoms with Gasteiger partial charge in [-0.05, 0) is 47.8 Å². The number of carbonyl (C=O) groups is 1. The van der Waals surface area contributed by atoms with Crippen molar-refractivity contribution in [1.29, 1.82) is 0 Å². The topological polar surface area (TPSA) is 54.0 Å². The Morgan fingerprint density at radius 2 is 1.72 bits per heavy atom. The highest BCUT2D eigenvalue weighted by molar-refractivity contribution is 7.12. The molecule has 1 aromatic carbocycles. The third kappa shape index (κ3) is 4.36. The summed E-state index contributed by atoms with van der Waals surface area (Å²) in [6.07, 6.45) is -2.89. The average molecular weight is 363 g/mol. The smallest absolute Gasteiger partial charge is 0.340 e. The first-order valence-electron chi connectivity index (χ1n) is 7.17. The number of anilines is 3. The third-order valence-electron chi connectivity index (χ3n) is 3.25. The Bertz CT molecular complexity index is 844. The van der Waals surface area contributed by atoms with Crippen molar-refractivity contribution in [3.8, 4) is 0 Å².